The summed E-state index contributed by atoms with van der Waals surface area (Å²) in [6.45, 7) is 0. The average Bonchev–Trinajstić information content (AvgIpc) is 2.08. The number of rotatable bonds is 0. The molecule has 0 bridgehead atoms. The molecule has 0 radical (unpaired) electrons. The molecule has 1 aliphatic rings. The van der Waals surface area contributed by atoms with Gasteiger partial charge in [0.25, 0.3) is 5.92 Å². The van der Waals surface area contributed by atoms with Gasteiger partial charge in [-0.05, 0) is 30.5 Å². The van der Waals surface area contributed by atoms with Gasteiger partial charge in [0, 0.05) is 12.0 Å². The van der Waals surface area contributed by atoms with Crippen LogP contribution >= 0.6 is 0 Å². The highest BCUT2D eigenvalue weighted by Crippen LogP contribution is 2.40. The van der Waals surface area contributed by atoms with Gasteiger partial charge in [0.05, 0.1) is 0 Å². The van der Waals surface area contributed by atoms with E-state index in [-0.39, 0.29) is 17.5 Å². The zero-order valence-corrected chi connectivity index (χ0v) is 7.29. The second kappa shape index (κ2) is 2.97. The van der Waals surface area contributed by atoms with Gasteiger partial charge in [-0.25, -0.2) is 17.6 Å². The summed E-state index contributed by atoms with van der Waals surface area (Å²) in [7, 11) is 0. The van der Waals surface area contributed by atoms with Crippen LogP contribution in [0.5, 0.6) is 0 Å². The Hall–Kier alpha value is -1.06. The highest BCUT2D eigenvalue weighted by Gasteiger charge is 2.37. The van der Waals surface area contributed by atoms with Gasteiger partial charge in [-0.3, -0.25) is 0 Å². The molecule has 76 valence electrons. The van der Waals surface area contributed by atoms with Crippen LogP contribution in [-0.2, 0) is 12.3 Å². The highest BCUT2D eigenvalue weighted by atomic mass is 19.3. The standard InChI is InChI=1S/C10H8F4/c11-8-4-6-2-1-3-10(13,14)7(6)5-9(8)12/h4-5H,1-3H2. The molecule has 0 saturated heterocycles. The highest BCUT2D eigenvalue weighted by molar-refractivity contribution is 5.34. The molecule has 0 aromatic heterocycles. The largest absolute Gasteiger partial charge is 0.273 e. The summed E-state index contributed by atoms with van der Waals surface area (Å²) in [6, 6.07) is 1.49. The van der Waals surface area contributed by atoms with Crippen molar-refractivity contribution in [2.45, 2.75) is 25.2 Å². The molecule has 0 fully saturated rings. The van der Waals surface area contributed by atoms with Crippen LogP contribution in [0.3, 0.4) is 0 Å². The van der Waals surface area contributed by atoms with Crippen molar-refractivity contribution < 1.29 is 17.6 Å². The summed E-state index contributed by atoms with van der Waals surface area (Å²) in [5.41, 5.74) is -0.136. The van der Waals surface area contributed by atoms with Crippen molar-refractivity contribution in [2.75, 3.05) is 0 Å². The Labute approximate surface area is 78.5 Å². The molecule has 2 rings (SSSR count). The van der Waals surface area contributed by atoms with Crippen molar-refractivity contribution in [3.63, 3.8) is 0 Å². The summed E-state index contributed by atoms with van der Waals surface area (Å²) in [5, 5.41) is 0. The Morgan fingerprint density at radius 2 is 1.71 bits per heavy atom. The van der Waals surface area contributed by atoms with E-state index in [0.29, 0.717) is 18.9 Å². The molecule has 0 unspecified atom stereocenters. The van der Waals surface area contributed by atoms with Crippen molar-refractivity contribution in [1.82, 2.24) is 0 Å². The first-order valence-electron chi connectivity index (χ1n) is 4.37. The molecule has 0 spiro atoms. The maximum absolute atomic E-state index is 13.2. The van der Waals surface area contributed by atoms with Crippen molar-refractivity contribution in [2.24, 2.45) is 0 Å². The molecule has 0 saturated carbocycles. The number of hydrogen-bond acceptors (Lipinski definition) is 0. The zero-order chi connectivity index (χ0) is 10.3. The Morgan fingerprint density at radius 3 is 2.43 bits per heavy atom. The normalized spacial score (nSPS) is 19.1. The van der Waals surface area contributed by atoms with E-state index >= 15 is 0 Å². The lowest BCUT2D eigenvalue weighted by Gasteiger charge is -2.25. The molecule has 14 heavy (non-hydrogen) atoms. The monoisotopic (exact) mass is 204 g/mol. The van der Waals surface area contributed by atoms with Gasteiger partial charge in [-0.1, -0.05) is 0 Å². The summed E-state index contributed by atoms with van der Waals surface area (Å²) in [6.07, 6.45) is 0.415. The number of fused-ring (bicyclic) bond motifs is 1. The predicted octanol–water partition coefficient (Wildman–Crippen LogP) is 3.39. The van der Waals surface area contributed by atoms with Gasteiger partial charge in [-0.15, -0.1) is 0 Å². The second-order valence-electron chi connectivity index (χ2n) is 3.48. The summed E-state index contributed by atoms with van der Waals surface area (Å²) >= 11 is 0. The molecule has 0 amide bonds. The molecular formula is C10H8F4. The third-order valence-corrected chi connectivity index (χ3v) is 2.48. The number of hydrogen-bond donors (Lipinski definition) is 0. The Morgan fingerprint density at radius 1 is 1.07 bits per heavy atom. The van der Waals surface area contributed by atoms with Crippen LogP contribution in [0.15, 0.2) is 12.1 Å². The quantitative estimate of drug-likeness (QED) is 0.568. The minimum absolute atomic E-state index is 0.222. The van der Waals surface area contributed by atoms with E-state index in [4.69, 9.17) is 0 Å². The van der Waals surface area contributed by atoms with Gasteiger partial charge in [0.1, 0.15) is 0 Å². The molecule has 1 aromatic rings. The van der Waals surface area contributed by atoms with Crippen LogP contribution in [-0.4, -0.2) is 0 Å². The van der Waals surface area contributed by atoms with E-state index in [1.807, 2.05) is 0 Å². The first-order chi connectivity index (χ1) is 6.50. The SMILES string of the molecule is Fc1cc2c(cc1F)C(F)(F)CCC2. The molecule has 1 aromatic carbocycles. The third kappa shape index (κ3) is 1.38. The van der Waals surface area contributed by atoms with Crippen molar-refractivity contribution >= 4 is 0 Å². The third-order valence-electron chi connectivity index (χ3n) is 2.48. The average molecular weight is 204 g/mol. The van der Waals surface area contributed by atoms with E-state index in [1.165, 1.54) is 0 Å². The number of alkyl halides is 2. The van der Waals surface area contributed by atoms with Gasteiger partial charge in [-0.2, -0.15) is 0 Å². The van der Waals surface area contributed by atoms with E-state index in [0.717, 1.165) is 6.07 Å². The molecule has 0 aliphatic heterocycles. The van der Waals surface area contributed by atoms with Crippen LogP contribution in [0.4, 0.5) is 17.6 Å². The molecule has 1 aliphatic carbocycles. The molecule has 0 heterocycles. The fourth-order valence-corrected chi connectivity index (χ4v) is 1.77. The predicted molar refractivity (Wildman–Crippen MR) is 43.2 cm³/mol. The van der Waals surface area contributed by atoms with Crippen LogP contribution < -0.4 is 0 Å². The van der Waals surface area contributed by atoms with Gasteiger partial charge >= 0.3 is 0 Å². The lowest BCUT2D eigenvalue weighted by Crippen LogP contribution is -2.21. The number of aryl methyl sites for hydroxylation is 1. The van der Waals surface area contributed by atoms with E-state index in [2.05, 4.69) is 0 Å². The fourth-order valence-electron chi connectivity index (χ4n) is 1.77. The van der Waals surface area contributed by atoms with Gasteiger partial charge in [0.2, 0.25) is 0 Å². The van der Waals surface area contributed by atoms with Crippen molar-refractivity contribution in [3.05, 3.63) is 34.9 Å². The fraction of sp³-hybridized carbons (Fsp3) is 0.400. The molecule has 0 N–H and O–H groups in total. The maximum Gasteiger partial charge on any atom is 0.273 e. The van der Waals surface area contributed by atoms with E-state index < -0.39 is 17.6 Å². The summed E-state index contributed by atoms with van der Waals surface area (Å²) < 4.78 is 51.9. The first-order valence-corrected chi connectivity index (χ1v) is 4.37. The maximum atomic E-state index is 13.2. The Bertz CT molecular complexity index is 371. The van der Waals surface area contributed by atoms with Crippen molar-refractivity contribution in [3.8, 4) is 0 Å². The number of halogens is 4. The smallest absolute Gasteiger partial charge is 0.204 e. The lowest BCUT2D eigenvalue weighted by molar-refractivity contribution is -0.0221. The minimum atomic E-state index is -3.01. The molecule has 0 nitrogen and oxygen atoms in total. The van der Waals surface area contributed by atoms with Gasteiger partial charge in [0.15, 0.2) is 11.6 Å². The molecular weight excluding hydrogens is 196 g/mol. The Kier molecular flexibility index (Phi) is 2.01. The number of benzene rings is 1. The van der Waals surface area contributed by atoms with Crippen molar-refractivity contribution in [1.29, 1.82) is 0 Å². The molecule has 4 heteroatoms. The van der Waals surface area contributed by atoms with Gasteiger partial charge < -0.3 is 0 Å². The first kappa shape index (κ1) is 9.49. The molecule has 0 atom stereocenters. The second-order valence-corrected chi connectivity index (χ2v) is 3.48. The summed E-state index contributed by atoms with van der Waals surface area (Å²) in [5.74, 6) is -5.27. The Balaban J connectivity index is 2.59. The minimum Gasteiger partial charge on any atom is -0.204 e. The van der Waals surface area contributed by atoms with E-state index in [9.17, 15) is 17.6 Å². The van der Waals surface area contributed by atoms with Crippen LogP contribution in [0.25, 0.3) is 0 Å². The lowest BCUT2D eigenvalue weighted by atomic mass is 9.88. The van der Waals surface area contributed by atoms with Crippen LogP contribution in [0.2, 0.25) is 0 Å². The van der Waals surface area contributed by atoms with Crippen LogP contribution in [0, 0.1) is 11.6 Å². The van der Waals surface area contributed by atoms with E-state index in [1.54, 1.807) is 0 Å². The topological polar surface area (TPSA) is 0 Å². The van der Waals surface area contributed by atoms with Crippen LogP contribution in [0.1, 0.15) is 24.0 Å². The zero-order valence-electron chi connectivity index (χ0n) is 7.29. The summed E-state index contributed by atoms with van der Waals surface area (Å²) in [4.78, 5) is 0.